The number of hydrogen-bond acceptors (Lipinski definition) is 11. The van der Waals surface area contributed by atoms with Crippen LogP contribution in [0, 0.1) is 17.8 Å². The molecule has 240 valence electrons. The summed E-state index contributed by atoms with van der Waals surface area (Å²) in [5.41, 5.74) is 2.37. The fraction of sp³-hybridized carbons (Fsp3) is 0.656. The van der Waals surface area contributed by atoms with Crippen LogP contribution in [0.5, 0.6) is 17.4 Å². The van der Waals surface area contributed by atoms with Crippen LogP contribution in [0.25, 0.3) is 0 Å². The van der Waals surface area contributed by atoms with E-state index in [0.717, 1.165) is 56.1 Å². The molecule has 4 N–H and O–H groups in total. The number of ether oxygens (including phenoxy) is 3. The first-order valence-electron chi connectivity index (χ1n) is 15.9. The molecule has 1 saturated heterocycles. The first kappa shape index (κ1) is 30.8. The number of aromatic nitrogens is 3. The largest absolute Gasteiger partial charge is 0.508 e. The van der Waals surface area contributed by atoms with E-state index >= 15 is 0 Å². The van der Waals surface area contributed by atoms with Crippen LogP contribution in [0.2, 0.25) is 0 Å². The molecule has 44 heavy (non-hydrogen) atoms. The van der Waals surface area contributed by atoms with E-state index in [1.54, 1.807) is 22.9 Å². The Balaban J connectivity index is 1.48. The van der Waals surface area contributed by atoms with Gasteiger partial charge >= 0.3 is 0 Å². The number of aliphatic hydroxyl groups excluding tert-OH is 2. The van der Waals surface area contributed by atoms with Gasteiger partial charge in [0.25, 0.3) is 0 Å². The van der Waals surface area contributed by atoms with Crippen LogP contribution in [0.15, 0.2) is 41.2 Å². The van der Waals surface area contributed by atoms with Gasteiger partial charge in [-0.2, -0.15) is 0 Å². The highest BCUT2D eigenvalue weighted by atomic mass is 16.7. The van der Waals surface area contributed by atoms with Gasteiger partial charge in [0.15, 0.2) is 0 Å². The molecule has 1 unspecified atom stereocenters. The summed E-state index contributed by atoms with van der Waals surface area (Å²) in [6.45, 7) is 0.848. The van der Waals surface area contributed by atoms with Crippen LogP contribution < -0.4 is 9.47 Å². The molecule has 12 heteroatoms. The Kier molecular flexibility index (Phi) is 9.41. The number of benzene rings is 1. The van der Waals surface area contributed by atoms with Crippen molar-refractivity contribution in [3.05, 3.63) is 41.6 Å². The molecule has 1 aromatic carbocycles. The third kappa shape index (κ3) is 5.80. The van der Waals surface area contributed by atoms with E-state index in [2.05, 4.69) is 21.5 Å². The lowest BCUT2D eigenvalue weighted by atomic mass is 9.55. The maximum absolute atomic E-state index is 12.9. The molecule has 1 aromatic heterocycles. The number of allylic oxidation sites excluding steroid dienone is 1. The van der Waals surface area contributed by atoms with Gasteiger partial charge < -0.3 is 39.5 Å². The molecule has 7 atom stereocenters. The number of aliphatic hydroxyl groups is 3. The Hall–Kier alpha value is -3.19. The van der Waals surface area contributed by atoms with Crippen molar-refractivity contribution in [2.75, 3.05) is 26.9 Å². The minimum atomic E-state index is -1.77. The summed E-state index contributed by atoms with van der Waals surface area (Å²) >= 11 is 0. The maximum Gasteiger partial charge on any atom is 0.238 e. The smallest absolute Gasteiger partial charge is 0.238 e. The molecule has 6 rings (SSSR count). The summed E-state index contributed by atoms with van der Waals surface area (Å²) in [7, 11) is 1.51. The van der Waals surface area contributed by atoms with Crippen molar-refractivity contribution in [3.63, 3.8) is 0 Å². The fourth-order valence-electron chi connectivity index (χ4n) is 7.79. The molecule has 12 nitrogen and oxygen atoms in total. The molecule has 4 aliphatic rings. The zero-order valence-electron chi connectivity index (χ0n) is 25.3. The zero-order chi connectivity index (χ0) is 30.7. The number of fused-ring (bicyclic) bond motifs is 2. The second-order valence-electron chi connectivity index (χ2n) is 12.3. The van der Waals surface area contributed by atoms with Crippen molar-refractivity contribution < 1.29 is 39.5 Å². The highest BCUT2D eigenvalue weighted by Gasteiger charge is 2.63. The van der Waals surface area contributed by atoms with Gasteiger partial charge in [0.05, 0.1) is 18.2 Å². The second-order valence-corrected chi connectivity index (χ2v) is 12.3. The molecule has 2 aromatic rings. The highest BCUT2D eigenvalue weighted by molar-refractivity contribution is 6.02. The van der Waals surface area contributed by atoms with E-state index in [-0.39, 0.29) is 43.1 Å². The third-order valence-electron chi connectivity index (χ3n) is 9.69. The Labute approximate surface area is 257 Å². The Morgan fingerprint density at radius 3 is 2.68 bits per heavy atom. The first-order chi connectivity index (χ1) is 21.5. The van der Waals surface area contributed by atoms with Crippen molar-refractivity contribution in [2.24, 2.45) is 22.9 Å². The topological polar surface area (TPSA) is 161 Å². The zero-order valence-corrected chi connectivity index (χ0v) is 25.3. The van der Waals surface area contributed by atoms with Crippen LogP contribution in [0.1, 0.15) is 81.7 Å². The normalized spacial score (nSPS) is 31.9. The summed E-state index contributed by atoms with van der Waals surface area (Å²) in [5, 5.41) is 55.7. The number of nitrogens with zero attached hydrogens (tertiary/aromatic N) is 4. The summed E-state index contributed by atoms with van der Waals surface area (Å²) < 4.78 is 20.2. The van der Waals surface area contributed by atoms with Crippen molar-refractivity contribution in [3.8, 4) is 17.4 Å². The van der Waals surface area contributed by atoms with Crippen molar-refractivity contribution in [2.45, 2.75) is 88.2 Å². The standard InChI is InChI=1S/C32H44N4O8/c1-41-34-25-18-27(36-28(19-33-35-36)43-29-10-4-7-15-42-29)32(40)31-23(25)16-20(8-2-5-13-37)22(9-3-6-14-38)30(31)24-17-21(39)11-12-26(24)44-32/h11-12,16-17,19-20,22,27,29-31,37-40H,2-10,13-15,18H2,1H3/t20-,22+,27-,29?,30+,31+,32+/m0/s1. The van der Waals surface area contributed by atoms with Crippen LogP contribution in [0.3, 0.4) is 0 Å². The number of hydrogen-bond donors (Lipinski definition) is 4. The van der Waals surface area contributed by atoms with E-state index in [4.69, 9.17) is 19.0 Å². The van der Waals surface area contributed by atoms with Crippen LogP contribution in [0.4, 0.5) is 0 Å². The number of aromatic hydroxyl groups is 1. The highest BCUT2D eigenvalue weighted by Crippen LogP contribution is 2.62. The summed E-state index contributed by atoms with van der Waals surface area (Å²) in [5.74, 6) is -1.41. The predicted octanol–water partition coefficient (Wildman–Crippen LogP) is 3.81. The summed E-state index contributed by atoms with van der Waals surface area (Å²) in [4.78, 5) is 5.36. The second kappa shape index (κ2) is 13.4. The number of unbranched alkanes of at least 4 members (excludes halogenated alkanes) is 2. The van der Waals surface area contributed by atoms with Gasteiger partial charge in [0.2, 0.25) is 18.0 Å². The predicted molar refractivity (Wildman–Crippen MR) is 159 cm³/mol. The number of oxime groups is 1. The van der Waals surface area contributed by atoms with Gasteiger partial charge in [-0.05, 0) is 74.1 Å². The Bertz CT molecular complexity index is 1340. The summed E-state index contributed by atoms with van der Waals surface area (Å²) in [6, 6.07) is 4.26. The maximum atomic E-state index is 12.9. The van der Waals surface area contributed by atoms with Crippen LogP contribution in [-0.4, -0.2) is 80.1 Å². The van der Waals surface area contributed by atoms with Gasteiger partial charge in [-0.15, -0.1) is 5.10 Å². The lowest BCUT2D eigenvalue weighted by Crippen LogP contribution is -2.62. The monoisotopic (exact) mass is 612 g/mol. The minimum Gasteiger partial charge on any atom is -0.508 e. The molecule has 3 heterocycles. The molecule has 0 amide bonds. The molecular formula is C32H44N4O8. The molecule has 0 spiro atoms. The quantitative estimate of drug-likeness (QED) is 0.205. The van der Waals surface area contributed by atoms with E-state index in [0.29, 0.717) is 36.8 Å². The van der Waals surface area contributed by atoms with E-state index in [1.807, 2.05) is 0 Å². The van der Waals surface area contributed by atoms with Gasteiger partial charge in [-0.3, -0.25) is 0 Å². The van der Waals surface area contributed by atoms with Gasteiger partial charge in [-0.1, -0.05) is 29.3 Å². The van der Waals surface area contributed by atoms with E-state index in [9.17, 15) is 20.4 Å². The van der Waals surface area contributed by atoms with Crippen molar-refractivity contribution in [1.82, 2.24) is 15.0 Å². The Morgan fingerprint density at radius 1 is 1.11 bits per heavy atom. The minimum absolute atomic E-state index is 0.0645. The average molecular weight is 613 g/mol. The molecule has 0 bridgehead atoms. The summed E-state index contributed by atoms with van der Waals surface area (Å²) in [6.07, 6.45) is 10.9. The molecule has 2 aliphatic carbocycles. The lowest BCUT2D eigenvalue weighted by Gasteiger charge is -2.56. The lowest BCUT2D eigenvalue weighted by molar-refractivity contribution is -0.226. The fourth-order valence-corrected chi connectivity index (χ4v) is 7.79. The number of phenols is 1. The molecule has 2 fully saturated rings. The Morgan fingerprint density at radius 2 is 1.93 bits per heavy atom. The van der Waals surface area contributed by atoms with Crippen LogP contribution >= 0.6 is 0 Å². The molecule has 2 aliphatic heterocycles. The number of phenolic OH excluding ortho intramolecular Hbond substituents is 1. The van der Waals surface area contributed by atoms with Crippen molar-refractivity contribution in [1.29, 1.82) is 0 Å². The molecule has 1 saturated carbocycles. The van der Waals surface area contributed by atoms with Gasteiger partial charge in [-0.25, -0.2) is 4.68 Å². The SMILES string of the molecule is CON=C1C[C@H](n2nncc2OC2CCCCO2)[C@@]2(O)Oc3ccc(O)cc3[C@H]3[C@H](CCCCO)[C@@H](CCCCO)C=C1[C@H]32. The first-order valence-corrected chi connectivity index (χ1v) is 15.9. The molecular weight excluding hydrogens is 568 g/mol. The average Bonchev–Trinajstić information content (AvgIpc) is 3.47. The van der Waals surface area contributed by atoms with Gasteiger partial charge in [0.1, 0.15) is 30.8 Å². The van der Waals surface area contributed by atoms with Gasteiger partial charge in [0, 0.05) is 37.5 Å². The number of rotatable bonds is 12. The third-order valence-corrected chi connectivity index (χ3v) is 9.69. The molecule has 0 radical (unpaired) electrons. The van der Waals surface area contributed by atoms with E-state index in [1.165, 1.54) is 13.3 Å². The van der Waals surface area contributed by atoms with Crippen molar-refractivity contribution >= 4 is 5.71 Å². The van der Waals surface area contributed by atoms with Crippen LogP contribution in [-0.2, 0) is 9.57 Å². The van der Waals surface area contributed by atoms with E-state index < -0.39 is 24.0 Å².